The number of pyridine rings is 2. The van der Waals surface area contributed by atoms with Crippen LogP contribution in [-0.2, 0) is 0 Å². The zero-order valence-corrected chi connectivity index (χ0v) is 14.2. The van der Waals surface area contributed by atoms with Gasteiger partial charge < -0.3 is 16.5 Å². The minimum atomic E-state index is -0.634. The number of allylic oxidation sites excluding steroid dienone is 3. The maximum Gasteiger partial charge on any atom is 0.260 e. The third kappa shape index (κ3) is 2.83. The molecule has 8 heteroatoms. The summed E-state index contributed by atoms with van der Waals surface area (Å²) in [5.74, 6) is -0.634. The van der Waals surface area contributed by atoms with Crippen molar-refractivity contribution in [2.45, 2.75) is 6.92 Å². The molecule has 0 spiro atoms. The highest BCUT2D eigenvalue weighted by molar-refractivity contribution is 7.16. The Balaban J connectivity index is 2.21. The lowest BCUT2D eigenvalue weighted by molar-refractivity contribution is 0.1000. The van der Waals surface area contributed by atoms with E-state index in [2.05, 4.69) is 21.5 Å². The van der Waals surface area contributed by atoms with Crippen LogP contribution in [0.25, 0.3) is 27.2 Å². The van der Waals surface area contributed by atoms with E-state index in [1.807, 2.05) is 13.0 Å². The second-order valence-corrected chi connectivity index (χ2v) is 6.24. The molecule has 3 rings (SSSR count). The van der Waals surface area contributed by atoms with Gasteiger partial charge in [0, 0.05) is 12.4 Å². The van der Waals surface area contributed by atoms with E-state index < -0.39 is 11.5 Å². The Morgan fingerprint density at radius 3 is 2.76 bits per heavy atom. The summed E-state index contributed by atoms with van der Waals surface area (Å²) in [7, 11) is 0. The Kier molecular flexibility index (Phi) is 4.20. The van der Waals surface area contributed by atoms with E-state index in [0.29, 0.717) is 16.0 Å². The number of fused-ring (bicyclic) bond motifs is 1. The molecule has 0 radical (unpaired) electrons. The number of hydrogen-bond acceptors (Lipinski definition) is 6. The van der Waals surface area contributed by atoms with Crippen molar-refractivity contribution >= 4 is 39.5 Å². The van der Waals surface area contributed by atoms with Crippen molar-refractivity contribution in [1.82, 2.24) is 15.0 Å². The number of nitrogens with one attached hydrogen (secondary N) is 1. The van der Waals surface area contributed by atoms with Gasteiger partial charge in [-0.25, -0.2) is 4.98 Å². The molecule has 0 aliphatic heterocycles. The van der Waals surface area contributed by atoms with E-state index in [1.54, 1.807) is 12.3 Å². The number of H-pyrrole nitrogens is 1. The van der Waals surface area contributed by atoms with Crippen LogP contribution in [0.3, 0.4) is 0 Å². The maximum absolute atomic E-state index is 12.5. The number of amides is 1. The summed E-state index contributed by atoms with van der Waals surface area (Å²) in [6, 6.07) is 1.45. The van der Waals surface area contributed by atoms with Gasteiger partial charge >= 0.3 is 0 Å². The highest BCUT2D eigenvalue weighted by Gasteiger charge is 2.17. The number of thiazole rings is 1. The average Bonchev–Trinajstić information content (AvgIpc) is 3.04. The summed E-state index contributed by atoms with van der Waals surface area (Å²) in [5, 5.41) is 0.484. The average molecular weight is 353 g/mol. The Bertz CT molecular complexity index is 1090. The predicted molar refractivity (Wildman–Crippen MR) is 100 cm³/mol. The molecule has 3 aromatic heterocycles. The van der Waals surface area contributed by atoms with Crippen LogP contribution in [0, 0.1) is 0 Å². The number of anilines is 1. The summed E-state index contributed by atoms with van der Waals surface area (Å²) in [6.07, 6.45) is 6.62. The number of carbonyl (C=O) groups excluding carboxylic acids is 1. The number of rotatable bonds is 4. The molecule has 0 saturated carbocycles. The molecule has 3 aromatic rings. The number of nitrogen functional groups attached to an aromatic ring is 1. The highest BCUT2D eigenvalue weighted by Crippen LogP contribution is 2.33. The monoisotopic (exact) mass is 353 g/mol. The van der Waals surface area contributed by atoms with Gasteiger partial charge in [0.05, 0.1) is 21.6 Å². The number of aromatic amines is 1. The molecule has 0 unspecified atom stereocenters. The maximum atomic E-state index is 12.5. The SMILES string of the molecule is C=C/C(=C\C)c1cnc(-c2c(N)c3ncc(C(N)=O)cc3[nH]c2=O)s1. The number of hydrogen-bond donors (Lipinski definition) is 3. The normalized spacial score (nSPS) is 11.6. The van der Waals surface area contributed by atoms with Crippen molar-refractivity contribution in [3.8, 4) is 10.6 Å². The molecule has 7 nitrogen and oxygen atoms in total. The minimum Gasteiger partial charge on any atom is -0.396 e. The van der Waals surface area contributed by atoms with Crippen LogP contribution >= 0.6 is 11.3 Å². The van der Waals surface area contributed by atoms with Gasteiger partial charge in [-0.1, -0.05) is 18.7 Å². The first kappa shape index (κ1) is 16.6. The van der Waals surface area contributed by atoms with Crippen LogP contribution in [0.1, 0.15) is 22.2 Å². The number of nitrogens with zero attached hydrogens (tertiary/aromatic N) is 2. The van der Waals surface area contributed by atoms with E-state index in [0.717, 1.165) is 10.5 Å². The van der Waals surface area contributed by atoms with Crippen LogP contribution in [0.15, 0.2) is 42.0 Å². The smallest absolute Gasteiger partial charge is 0.260 e. The zero-order valence-electron chi connectivity index (χ0n) is 13.4. The summed E-state index contributed by atoms with van der Waals surface area (Å²) < 4.78 is 0. The summed E-state index contributed by atoms with van der Waals surface area (Å²) >= 11 is 1.34. The van der Waals surface area contributed by atoms with Gasteiger partial charge in [0.15, 0.2) is 0 Å². The largest absolute Gasteiger partial charge is 0.396 e. The summed E-state index contributed by atoms with van der Waals surface area (Å²) in [5.41, 5.74) is 13.3. The van der Waals surface area contributed by atoms with Crippen LogP contribution in [0.5, 0.6) is 0 Å². The standard InChI is InChI=1S/C17H15N5O2S/c1-3-8(4-2)11-7-21-17(25-11)12-13(18)14-10(22-16(12)24)5-9(6-20-14)15(19)23/h3-7H,1H2,2H3,(H2,19,23)(H3,18,22,24)/b8-4+. The molecule has 0 aliphatic rings. The number of aromatic nitrogens is 3. The molecule has 0 bridgehead atoms. The summed E-state index contributed by atoms with van der Waals surface area (Å²) in [4.78, 5) is 35.8. The quantitative estimate of drug-likeness (QED) is 0.620. The lowest BCUT2D eigenvalue weighted by Gasteiger charge is -2.06. The van der Waals surface area contributed by atoms with Crippen molar-refractivity contribution in [3.05, 3.63) is 58.0 Å². The molecule has 5 N–H and O–H groups in total. The van der Waals surface area contributed by atoms with Gasteiger partial charge in [-0.15, -0.1) is 11.3 Å². The number of nitrogens with two attached hydrogens (primary N) is 2. The Morgan fingerprint density at radius 2 is 2.12 bits per heavy atom. The molecule has 0 fully saturated rings. The molecule has 126 valence electrons. The van der Waals surface area contributed by atoms with Crippen LogP contribution in [0.2, 0.25) is 0 Å². The van der Waals surface area contributed by atoms with Crippen molar-refractivity contribution in [2.75, 3.05) is 5.73 Å². The first-order valence-corrected chi connectivity index (χ1v) is 8.14. The Labute approximate surface area is 146 Å². The molecule has 0 aliphatic carbocycles. The topological polar surface area (TPSA) is 128 Å². The molecular weight excluding hydrogens is 338 g/mol. The van der Waals surface area contributed by atoms with Gasteiger partial charge in [0.1, 0.15) is 16.1 Å². The fourth-order valence-corrected chi connectivity index (χ4v) is 3.47. The number of carbonyl (C=O) groups is 1. The molecule has 1 amide bonds. The van der Waals surface area contributed by atoms with Crippen LogP contribution in [0.4, 0.5) is 5.69 Å². The second kappa shape index (κ2) is 6.33. The lowest BCUT2D eigenvalue weighted by Crippen LogP contribution is -2.15. The Morgan fingerprint density at radius 1 is 1.36 bits per heavy atom. The van der Waals surface area contributed by atoms with Gasteiger partial charge in [-0.05, 0) is 18.6 Å². The minimum absolute atomic E-state index is 0.190. The molecular formula is C17H15N5O2S. The van der Waals surface area contributed by atoms with E-state index in [9.17, 15) is 9.59 Å². The molecule has 0 aromatic carbocycles. The van der Waals surface area contributed by atoms with Crippen molar-refractivity contribution in [3.63, 3.8) is 0 Å². The van der Waals surface area contributed by atoms with Gasteiger partial charge in [0.25, 0.3) is 5.56 Å². The van der Waals surface area contributed by atoms with E-state index >= 15 is 0 Å². The highest BCUT2D eigenvalue weighted by atomic mass is 32.1. The number of primary amides is 1. The first-order chi connectivity index (χ1) is 12.0. The van der Waals surface area contributed by atoms with E-state index in [-0.39, 0.29) is 16.8 Å². The molecule has 3 heterocycles. The van der Waals surface area contributed by atoms with Gasteiger partial charge in [-0.2, -0.15) is 0 Å². The Hall–Kier alpha value is -3.26. The van der Waals surface area contributed by atoms with Crippen LogP contribution in [-0.4, -0.2) is 20.9 Å². The van der Waals surface area contributed by atoms with Crippen LogP contribution < -0.4 is 17.0 Å². The van der Waals surface area contributed by atoms with E-state index in [4.69, 9.17) is 11.5 Å². The molecule has 0 atom stereocenters. The van der Waals surface area contributed by atoms with Crippen molar-refractivity contribution in [1.29, 1.82) is 0 Å². The third-order valence-corrected chi connectivity index (χ3v) is 4.77. The third-order valence-electron chi connectivity index (χ3n) is 3.71. The fourth-order valence-electron chi connectivity index (χ4n) is 2.43. The second-order valence-electron chi connectivity index (χ2n) is 5.21. The van der Waals surface area contributed by atoms with Crippen molar-refractivity contribution < 1.29 is 4.79 Å². The van der Waals surface area contributed by atoms with E-state index in [1.165, 1.54) is 23.6 Å². The first-order valence-electron chi connectivity index (χ1n) is 7.33. The van der Waals surface area contributed by atoms with Crippen molar-refractivity contribution in [2.24, 2.45) is 5.73 Å². The predicted octanol–water partition coefficient (Wildman–Crippen LogP) is 2.32. The molecule has 25 heavy (non-hydrogen) atoms. The zero-order chi connectivity index (χ0) is 18.1. The fraction of sp³-hybridized carbons (Fsp3) is 0.0588. The summed E-state index contributed by atoms with van der Waals surface area (Å²) in [6.45, 7) is 5.66. The van der Waals surface area contributed by atoms with Gasteiger partial charge in [0.2, 0.25) is 5.91 Å². The lowest BCUT2D eigenvalue weighted by atomic mass is 10.1. The van der Waals surface area contributed by atoms with Gasteiger partial charge in [-0.3, -0.25) is 14.6 Å². The molecule has 0 saturated heterocycles.